The lowest BCUT2D eigenvalue weighted by atomic mass is 10.2. The van der Waals surface area contributed by atoms with Gasteiger partial charge in [0, 0.05) is 0 Å². The highest BCUT2D eigenvalue weighted by Gasteiger charge is 2.38. The van der Waals surface area contributed by atoms with E-state index in [2.05, 4.69) is 0 Å². The molecule has 1 aromatic carbocycles. The molecular formula is C10H11FO4S. The second-order valence-electron chi connectivity index (χ2n) is 3.57. The van der Waals surface area contributed by atoms with E-state index in [1.807, 2.05) is 0 Å². The Morgan fingerprint density at radius 2 is 1.88 bits per heavy atom. The van der Waals surface area contributed by atoms with Gasteiger partial charge in [0.05, 0.1) is 10.6 Å². The monoisotopic (exact) mass is 246 g/mol. The lowest BCUT2D eigenvalue weighted by Gasteiger charge is -2.14. The molecule has 88 valence electrons. The number of benzene rings is 1. The van der Waals surface area contributed by atoms with Crippen molar-refractivity contribution in [2.24, 2.45) is 0 Å². The largest absolute Gasteiger partial charge is 0.479 e. The Balaban J connectivity index is 3.03. The van der Waals surface area contributed by atoms with Crippen LogP contribution < -0.4 is 0 Å². The van der Waals surface area contributed by atoms with Crippen molar-refractivity contribution in [2.75, 3.05) is 5.75 Å². The van der Waals surface area contributed by atoms with Gasteiger partial charge in [-0.25, -0.2) is 17.6 Å². The van der Waals surface area contributed by atoms with Gasteiger partial charge in [-0.05, 0) is 19.1 Å². The summed E-state index contributed by atoms with van der Waals surface area (Å²) < 4.78 is 36.7. The van der Waals surface area contributed by atoms with E-state index in [-0.39, 0.29) is 4.90 Å². The van der Waals surface area contributed by atoms with Gasteiger partial charge in [-0.2, -0.15) is 0 Å². The van der Waals surface area contributed by atoms with Gasteiger partial charge in [-0.1, -0.05) is 18.2 Å². The van der Waals surface area contributed by atoms with Gasteiger partial charge in [0.25, 0.3) is 0 Å². The number of sulfone groups is 1. The molecule has 0 heterocycles. The summed E-state index contributed by atoms with van der Waals surface area (Å²) in [6, 6.07) is 7.19. The molecule has 0 saturated heterocycles. The number of aliphatic carboxylic acids is 1. The number of carboxylic acids is 1. The fourth-order valence-electron chi connectivity index (χ4n) is 1.13. The minimum atomic E-state index is -3.92. The first-order valence-electron chi connectivity index (χ1n) is 4.46. The molecule has 0 spiro atoms. The van der Waals surface area contributed by atoms with Crippen molar-refractivity contribution in [2.45, 2.75) is 17.5 Å². The average molecular weight is 246 g/mol. The Morgan fingerprint density at radius 1 is 1.38 bits per heavy atom. The maximum absolute atomic E-state index is 13.4. The van der Waals surface area contributed by atoms with Crippen LogP contribution in [-0.2, 0) is 14.6 Å². The Bertz CT molecular complexity index is 479. The topological polar surface area (TPSA) is 71.4 Å². The highest BCUT2D eigenvalue weighted by Crippen LogP contribution is 2.19. The highest BCUT2D eigenvalue weighted by atomic mass is 32.2. The van der Waals surface area contributed by atoms with Crippen LogP contribution in [0.3, 0.4) is 0 Å². The Morgan fingerprint density at radius 3 is 2.31 bits per heavy atom. The first kappa shape index (κ1) is 12.6. The van der Waals surface area contributed by atoms with Crippen LogP contribution in [0.2, 0.25) is 0 Å². The van der Waals surface area contributed by atoms with Gasteiger partial charge in [-0.15, -0.1) is 0 Å². The van der Waals surface area contributed by atoms with E-state index in [9.17, 15) is 17.6 Å². The molecule has 0 radical (unpaired) electrons. The van der Waals surface area contributed by atoms with E-state index < -0.39 is 27.2 Å². The van der Waals surface area contributed by atoms with Crippen molar-refractivity contribution in [3.05, 3.63) is 30.3 Å². The molecule has 1 aromatic rings. The summed E-state index contributed by atoms with van der Waals surface area (Å²) in [5.74, 6) is -2.86. The minimum absolute atomic E-state index is 0.0832. The standard InChI is InChI=1S/C10H11FO4S/c1-10(11,9(12)13)7-16(14,15)8-5-3-2-4-6-8/h2-6H,7H2,1H3,(H,12,13). The van der Waals surface area contributed by atoms with Crippen LogP contribution in [0.4, 0.5) is 4.39 Å². The molecule has 6 heteroatoms. The summed E-state index contributed by atoms with van der Waals surface area (Å²) in [6.45, 7) is 0.732. The zero-order valence-corrected chi connectivity index (χ0v) is 9.37. The summed E-state index contributed by atoms with van der Waals surface area (Å²) in [4.78, 5) is 10.4. The number of alkyl halides is 1. The molecule has 1 rings (SSSR count). The van der Waals surface area contributed by atoms with Crippen molar-refractivity contribution in [1.29, 1.82) is 0 Å². The van der Waals surface area contributed by atoms with Gasteiger partial charge < -0.3 is 5.11 Å². The van der Waals surface area contributed by atoms with E-state index in [0.717, 1.165) is 6.92 Å². The first-order chi connectivity index (χ1) is 7.26. The summed E-state index contributed by atoms with van der Waals surface area (Å²) in [5.41, 5.74) is -2.78. The van der Waals surface area contributed by atoms with Crippen molar-refractivity contribution in [1.82, 2.24) is 0 Å². The van der Waals surface area contributed by atoms with Crippen molar-refractivity contribution < 1.29 is 22.7 Å². The number of carbonyl (C=O) groups is 1. The van der Waals surface area contributed by atoms with Crippen molar-refractivity contribution >= 4 is 15.8 Å². The number of hydrogen-bond donors (Lipinski definition) is 1. The zero-order chi connectivity index (χ0) is 12.4. The van der Waals surface area contributed by atoms with Crippen LogP contribution in [0.15, 0.2) is 35.2 Å². The van der Waals surface area contributed by atoms with E-state index in [0.29, 0.717) is 0 Å². The predicted molar refractivity (Wildman–Crippen MR) is 55.6 cm³/mol. The number of carboxylic acid groups (broad SMARTS) is 1. The average Bonchev–Trinajstić information content (AvgIpc) is 2.17. The van der Waals surface area contributed by atoms with E-state index >= 15 is 0 Å². The van der Waals surface area contributed by atoms with Crippen LogP contribution in [0.1, 0.15) is 6.92 Å². The lowest BCUT2D eigenvalue weighted by Crippen LogP contribution is -2.37. The summed E-state index contributed by atoms with van der Waals surface area (Å²) in [7, 11) is -3.92. The van der Waals surface area contributed by atoms with Gasteiger partial charge >= 0.3 is 5.97 Å². The quantitative estimate of drug-likeness (QED) is 0.868. The first-order valence-corrected chi connectivity index (χ1v) is 6.11. The number of rotatable bonds is 4. The molecule has 1 unspecified atom stereocenters. The maximum Gasteiger partial charge on any atom is 0.342 e. The Kier molecular flexibility index (Phi) is 3.32. The lowest BCUT2D eigenvalue weighted by molar-refractivity contribution is -0.148. The van der Waals surface area contributed by atoms with E-state index in [1.165, 1.54) is 24.3 Å². The molecule has 0 aromatic heterocycles. The van der Waals surface area contributed by atoms with Crippen molar-refractivity contribution in [3.8, 4) is 0 Å². The van der Waals surface area contributed by atoms with Crippen LogP contribution in [-0.4, -0.2) is 30.9 Å². The van der Waals surface area contributed by atoms with Crippen LogP contribution in [0, 0.1) is 0 Å². The molecule has 4 nitrogen and oxygen atoms in total. The van der Waals surface area contributed by atoms with E-state index in [4.69, 9.17) is 5.11 Å². The number of hydrogen-bond acceptors (Lipinski definition) is 3. The van der Waals surface area contributed by atoms with Crippen LogP contribution in [0.5, 0.6) is 0 Å². The van der Waals surface area contributed by atoms with Gasteiger partial charge in [-0.3, -0.25) is 0 Å². The molecule has 0 aliphatic rings. The normalized spacial score (nSPS) is 15.4. The Labute approximate surface area is 92.6 Å². The molecule has 0 saturated carbocycles. The Hall–Kier alpha value is -1.43. The third-order valence-corrected chi connectivity index (χ3v) is 3.92. The molecule has 1 atom stereocenters. The second kappa shape index (κ2) is 4.21. The molecule has 0 aliphatic carbocycles. The van der Waals surface area contributed by atoms with Gasteiger partial charge in [0.15, 0.2) is 9.84 Å². The maximum atomic E-state index is 13.4. The second-order valence-corrected chi connectivity index (χ2v) is 5.56. The molecule has 0 bridgehead atoms. The van der Waals surface area contributed by atoms with Gasteiger partial charge in [0.2, 0.25) is 5.67 Å². The SMILES string of the molecule is CC(F)(CS(=O)(=O)c1ccccc1)C(=O)O. The van der Waals surface area contributed by atoms with Crippen LogP contribution >= 0.6 is 0 Å². The molecule has 0 amide bonds. The molecule has 0 aliphatic heterocycles. The third-order valence-electron chi connectivity index (χ3n) is 2.01. The summed E-state index contributed by atoms with van der Waals surface area (Å²) in [6.07, 6.45) is 0. The minimum Gasteiger partial charge on any atom is -0.479 e. The van der Waals surface area contributed by atoms with Gasteiger partial charge in [0.1, 0.15) is 0 Å². The number of halogens is 1. The highest BCUT2D eigenvalue weighted by molar-refractivity contribution is 7.91. The predicted octanol–water partition coefficient (Wildman–Crippen LogP) is 1.27. The van der Waals surface area contributed by atoms with Crippen molar-refractivity contribution in [3.63, 3.8) is 0 Å². The smallest absolute Gasteiger partial charge is 0.342 e. The summed E-state index contributed by atoms with van der Waals surface area (Å²) in [5, 5.41) is 8.51. The molecule has 0 fully saturated rings. The molecule has 16 heavy (non-hydrogen) atoms. The van der Waals surface area contributed by atoms with Crippen LogP contribution in [0.25, 0.3) is 0 Å². The zero-order valence-electron chi connectivity index (χ0n) is 8.55. The fourth-order valence-corrected chi connectivity index (χ4v) is 2.71. The summed E-state index contributed by atoms with van der Waals surface area (Å²) >= 11 is 0. The molecular weight excluding hydrogens is 235 g/mol. The fraction of sp³-hybridized carbons (Fsp3) is 0.300. The third kappa shape index (κ3) is 2.79. The van der Waals surface area contributed by atoms with E-state index in [1.54, 1.807) is 6.07 Å². The molecule has 1 N–H and O–H groups in total.